The van der Waals surface area contributed by atoms with Crippen LogP contribution >= 0.6 is 0 Å². The third-order valence-corrected chi connectivity index (χ3v) is 3.65. The lowest BCUT2D eigenvalue weighted by atomic mass is 10.1. The molecule has 0 spiro atoms. The first-order valence-electron chi connectivity index (χ1n) is 6.50. The molecular formula is C15H17N3O. The summed E-state index contributed by atoms with van der Waals surface area (Å²) in [5.41, 5.74) is 3.39. The van der Waals surface area contributed by atoms with Gasteiger partial charge in [0.1, 0.15) is 0 Å². The summed E-state index contributed by atoms with van der Waals surface area (Å²) in [6.07, 6.45) is 0. The molecule has 1 aliphatic rings. The van der Waals surface area contributed by atoms with Crippen LogP contribution in [0.25, 0.3) is 10.9 Å². The van der Waals surface area contributed by atoms with Gasteiger partial charge in [0.15, 0.2) is 0 Å². The Morgan fingerprint density at radius 2 is 2.11 bits per heavy atom. The zero-order valence-electron chi connectivity index (χ0n) is 11.4. The van der Waals surface area contributed by atoms with Crippen LogP contribution in [0.5, 0.6) is 0 Å². The van der Waals surface area contributed by atoms with Crippen molar-refractivity contribution in [2.24, 2.45) is 12.0 Å². The summed E-state index contributed by atoms with van der Waals surface area (Å²) in [5, 5.41) is 4.46. The van der Waals surface area contributed by atoms with Crippen LogP contribution in [0.2, 0.25) is 0 Å². The summed E-state index contributed by atoms with van der Waals surface area (Å²) in [4.78, 5) is 17.1. The molecule has 2 heterocycles. The highest BCUT2D eigenvalue weighted by atomic mass is 16.1. The fourth-order valence-corrected chi connectivity index (χ4v) is 2.71. The molecule has 1 aliphatic heterocycles. The Balaban J connectivity index is 2.47. The van der Waals surface area contributed by atoms with Crippen molar-refractivity contribution in [2.75, 3.05) is 11.9 Å². The summed E-state index contributed by atoms with van der Waals surface area (Å²) in [5.74, 6) is 0. The van der Waals surface area contributed by atoms with Gasteiger partial charge in [-0.1, -0.05) is 18.2 Å². The van der Waals surface area contributed by atoms with Gasteiger partial charge in [0.05, 0.1) is 22.8 Å². The molecule has 2 aromatic rings. The van der Waals surface area contributed by atoms with E-state index in [9.17, 15) is 4.79 Å². The van der Waals surface area contributed by atoms with Crippen LogP contribution in [0.1, 0.15) is 19.4 Å². The monoisotopic (exact) mass is 255 g/mol. The van der Waals surface area contributed by atoms with Gasteiger partial charge in [0.2, 0.25) is 0 Å². The van der Waals surface area contributed by atoms with E-state index in [0.717, 1.165) is 28.8 Å². The van der Waals surface area contributed by atoms with E-state index in [4.69, 9.17) is 0 Å². The van der Waals surface area contributed by atoms with Gasteiger partial charge >= 0.3 is 0 Å². The number of aliphatic imine (C=N–C) groups is 1. The third kappa shape index (κ3) is 1.75. The first kappa shape index (κ1) is 12.0. The minimum Gasteiger partial charge on any atom is -0.382 e. The number of benzene rings is 1. The average Bonchev–Trinajstić information content (AvgIpc) is 2.55. The van der Waals surface area contributed by atoms with Gasteiger partial charge in [-0.2, -0.15) is 0 Å². The maximum absolute atomic E-state index is 12.5. The highest BCUT2D eigenvalue weighted by Gasteiger charge is 2.20. The van der Waals surface area contributed by atoms with E-state index in [1.54, 1.807) is 4.57 Å². The van der Waals surface area contributed by atoms with Crippen LogP contribution in [0.15, 0.2) is 34.1 Å². The van der Waals surface area contributed by atoms with E-state index in [1.165, 1.54) is 0 Å². The van der Waals surface area contributed by atoms with Crippen LogP contribution in [0, 0.1) is 0 Å². The molecular weight excluding hydrogens is 238 g/mol. The van der Waals surface area contributed by atoms with E-state index in [0.29, 0.717) is 5.56 Å². The Labute approximate surface area is 111 Å². The quantitative estimate of drug-likeness (QED) is 0.784. The standard InChI is InChI=1S/C15H17N3O/c1-9-8-16-14-11-6-4-5-7-12(11)18(3)15(19)13(14)10(2)17-9/h4-7,9,16H,8H2,1-3H3. The van der Waals surface area contributed by atoms with E-state index < -0.39 is 0 Å². The van der Waals surface area contributed by atoms with Crippen molar-refractivity contribution in [2.45, 2.75) is 19.9 Å². The summed E-state index contributed by atoms with van der Waals surface area (Å²) in [7, 11) is 1.81. The number of pyridine rings is 1. The van der Waals surface area contributed by atoms with Crippen molar-refractivity contribution in [1.82, 2.24) is 4.57 Å². The molecule has 4 heteroatoms. The van der Waals surface area contributed by atoms with Crippen LogP contribution in [-0.2, 0) is 7.05 Å². The van der Waals surface area contributed by atoms with Crippen molar-refractivity contribution in [3.05, 3.63) is 40.2 Å². The lowest BCUT2D eigenvalue weighted by Crippen LogP contribution is -2.25. The first-order valence-corrected chi connectivity index (χ1v) is 6.50. The minimum atomic E-state index is 0.0107. The van der Waals surface area contributed by atoms with Gasteiger partial charge < -0.3 is 9.88 Å². The van der Waals surface area contributed by atoms with E-state index >= 15 is 0 Å². The molecule has 1 N–H and O–H groups in total. The number of aromatic nitrogens is 1. The molecule has 98 valence electrons. The molecule has 4 nitrogen and oxygen atoms in total. The molecule has 3 rings (SSSR count). The SMILES string of the molecule is CC1=NC(C)CNc2c1c(=O)n(C)c1ccccc21. The second-order valence-electron chi connectivity index (χ2n) is 5.08. The summed E-state index contributed by atoms with van der Waals surface area (Å²) in [6.45, 7) is 4.72. The number of para-hydroxylation sites is 1. The minimum absolute atomic E-state index is 0.0107. The molecule has 1 aromatic heterocycles. The summed E-state index contributed by atoms with van der Waals surface area (Å²) < 4.78 is 1.70. The van der Waals surface area contributed by atoms with Crippen LogP contribution in [-0.4, -0.2) is 22.9 Å². The first-order chi connectivity index (χ1) is 9.09. The summed E-state index contributed by atoms with van der Waals surface area (Å²) in [6, 6.07) is 8.14. The number of nitrogens with one attached hydrogen (secondary N) is 1. The molecule has 1 atom stereocenters. The molecule has 0 fully saturated rings. The molecule has 1 unspecified atom stereocenters. The number of fused-ring (bicyclic) bond motifs is 3. The maximum atomic E-state index is 12.5. The third-order valence-electron chi connectivity index (χ3n) is 3.65. The molecule has 1 aromatic carbocycles. The van der Waals surface area contributed by atoms with Crippen LogP contribution < -0.4 is 10.9 Å². The lowest BCUT2D eigenvalue weighted by Gasteiger charge is -2.14. The Bertz CT molecular complexity index is 743. The average molecular weight is 255 g/mol. The van der Waals surface area contributed by atoms with Gasteiger partial charge in [0.25, 0.3) is 5.56 Å². The zero-order valence-corrected chi connectivity index (χ0v) is 11.4. The molecule has 0 amide bonds. The van der Waals surface area contributed by atoms with Crippen molar-refractivity contribution in [1.29, 1.82) is 0 Å². The summed E-state index contributed by atoms with van der Waals surface area (Å²) >= 11 is 0. The van der Waals surface area contributed by atoms with Gasteiger partial charge in [-0.15, -0.1) is 0 Å². The zero-order chi connectivity index (χ0) is 13.6. The predicted octanol–water partition coefficient (Wildman–Crippen LogP) is 2.16. The Morgan fingerprint density at radius 1 is 1.37 bits per heavy atom. The normalized spacial score (nSPS) is 18.5. The van der Waals surface area contributed by atoms with E-state index in [1.807, 2.05) is 38.2 Å². The second kappa shape index (κ2) is 4.23. The molecule has 19 heavy (non-hydrogen) atoms. The smallest absolute Gasteiger partial charge is 0.261 e. The van der Waals surface area contributed by atoms with E-state index in [-0.39, 0.29) is 11.6 Å². The van der Waals surface area contributed by atoms with Gasteiger partial charge in [0, 0.05) is 24.7 Å². The highest BCUT2D eigenvalue weighted by molar-refractivity contribution is 6.10. The van der Waals surface area contributed by atoms with Crippen molar-refractivity contribution < 1.29 is 0 Å². The van der Waals surface area contributed by atoms with Crippen LogP contribution in [0.3, 0.4) is 0 Å². The molecule has 0 aliphatic carbocycles. The van der Waals surface area contributed by atoms with Crippen molar-refractivity contribution in [3.8, 4) is 0 Å². The topological polar surface area (TPSA) is 46.4 Å². The number of nitrogens with zero attached hydrogens (tertiary/aromatic N) is 2. The fraction of sp³-hybridized carbons (Fsp3) is 0.333. The molecule has 0 saturated carbocycles. The second-order valence-corrected chi connectivity index (χ2v) is 5.08. The predicted molar refractivity (Wildman–Crippen MR) is 79.4 cm³/mol. The molecule has 0 saturated heterocycles. The van der Waals surface area contributed by atoms with Crippen molar-refractivity contribution in [3.63, 3.8) is 0 Å². The Hall–Kier alpha value is -2.10. The van der Waals surface area contributed by atoms with E-state index in [2.05, 4.69) is 17.2 Å². The Kier molecular flexibility index (Phi) is 2.66. The van der Waals surface area contributed by atoms with Gasteiger partial charge in [-0.3, -0.25) is 9.79 Å². The molecule has 0 radical (unpaired) electrons. The Morgan fingerprint density at radius 3 is 2.89 bits per heavy atom. The number of aryl methyl sites for hydroxylation is 1. The number of rotatable bonds is 0. The number of hydrogen-bond acceptors (Lipinski definition) is 3. The fourth-order valence-electron chi connectivity index (χ4n) is 2.71. The van der Waals surface area contributed by atoms with Crippen molar-refractivity contribution >= 4 is 22.3 Å². The van der Waals surface area contributed by atoms with Gasteiger partial charge in [-0.25, -0.2) is 0 Å². The maximum Gasteiger partial charge on any atom is 0.261 e. The molecule has 0 bridgehead atoms. The number of anilines is 1. The lowest BCUT2D eigenvalue weighted by molar-refractivity contribution is 0.788. The van der Waals surface area contributed by atoms with Gasteiger partial charge in [-0.05, 0) is 19.9 Å². The van der Waals surface area contributed by atoms with Crippen LogP contribution in [0.4, 0.5) is 5.69 Å². The number of hydrogen-bond donors (Lipinski definition) is 1. The highest BCUT2D eigenvalue weighted by Crippen LogP contribution is 2.27. The largest absolute Gasteiger partial charge is 0.382 e.